The van der Waals surface area contributed by atoms with Crippen molar-refractivity contribution >= 4 is 51.5 Å². The van der Waals surface area contributed by atoms with Gasteiger partial charge in [-0.25, -0.2) is 0 Å². The molecule has 1 aliphatic carbocycles. The molecule has 1 atom stereocenters. The number of aromatic amines is 1. The fraction of sp³-hybridized carbons (Fsp3) is 0.333. The molecule has 3 heterocycles. The van der Waals surface area contributed by atoms with Crippen LogP contribution < -0.4 is 10.6 Å². The van der Waals surface area contributed by atoms with Crippen LogP contribution >= 0.6 is 22.9 Å². The van der Waals surface area contributed by atoms with E-state index < -0.39 is 0 Å². The summed E-state index contributed by atoms with van der Waals surface area (Å²) in [5, 5.41) is 17.3. The second-order valence-electron chi connectivity index (χ2n) is 9.56. The lowest BCUT2D eigenvalue weighted by molar-refractivity contribution is -0.115. The third-order valence-electron chi connectivity index (χ3n) is 6.51. The van der Waals surface area contributed by atoms with Gasteiger partial charge in [0.15, 0.2) is 0 Å². The first-order valence-electron chi connectivity index (χ1n) is 12.0. The molecule has 2 aromatic heterocycles. The van der Waals surface area contributed by atoms with Crippen molar-refractivity contribution < 1.29 is 4.79 Å². The van der Waals surface area contributed by atoms with Crippen LogP contribution in [0.15, 0.2) is 59.5 Å². The van der Waals surface area contributed by atoms with Crippen LogP contribution in [0.2, 0.25) is 5.02 Å². The summed E-state index contributed by atoms with van der Waals surface area (Å²) in [7, 11) is 0. The summed E-state index contributed by atoms with van der Waals surface area (Å²) in [6, 6.07) is 7.61. The number of piperazine rings is 1. The zero-order chi connectivity index (χ0) is 24.3. The molecule has 2 aliphatic rings. The molecule has 1 saturated heterocycles. The lowest BCUT2D eigenvalue weighted by Gasteiger charge is -2.36. The number of fused-ring (bicyclic) bond motifs is 1. The van der Waals surface area contributed by atoms with E-state index in [0.29, 0.717) is 17.1 Å². The summed E-state index contributed by atoms with van der Waals surface area (Å²) in [6.45, 7) is 7.74. The Morgan fingerprint density at radius 1 is 1.31 bits per heavy atom. The Morgan fingerprint density at radius 3 is 2.97 bits per heavy atom. The molecular formula is C27H30ClN5OS. The van der Waals surface area contributed by atoms with Gasteiger partial charge in [-0.3, -0.25) is 14.8 Å². The molecule has 1 amide bonds. The Kier molecular flexibility index (Phi) is 7.20. The second-order valence-corrected chi connectivity index (χ2v) is 11.0. The molecule has 0 spiro atoms. The number of nitrogens with one attached hydrogen (secondary N) is 3. The third-order valence-corrected chi connectivity index (χ3v) is 7.70. The monoisotopic (exact) mass is 507 g/mol. The second kappa shape index (κ2) is 10.5. The highest BCUT2D eigenvalue weighted by molar-refractivity contribution is 7.10. The van der Waals surface area contributed by atoms with Gasteiger partial charge in [-0.15, -0.1) is 11.3 Å². The van der Waals surface area contributed by atoms with Crippen molar-refractivity contribution in [3.63, 3.8) is 0 Å². The molecule has 1 aliphatic heterocycles. The van der Waals surface area contributed by atoms with Gasteiger partial charge in [0.1, 0.15) is 0 Å². The van der Waals surface area contributed by atoms with Gasteiger partial charge in [0, 0.05) is 48.4 Å². The Bertz CT molecular complexity index is 1290. The van der Waals surface area contributed by atoms with E-state index in [4.69, 9.17) is 11.6 Å². The predicted molar refractivity (Wildman–Crippen MR) is 146 cm³/mol. The number of hydrogen-bond donors (Lipinski definition) is 3. The normalized spacial score (nSPS) is 21.0. The zero-order valence-corrected chi connectivity index (χ0v) is 21.4. The summed E-state index contributed by atoms with van der Waals surface area (Å²) < 4.78 is 0. The van der Waals surface area contributed by atoms with Gasteiger partial charge in [0.25, 0.3) is 0 Å². The van der Waals surface area contributed by atoms with Crippen LogP contribution in [0.25, 0.3) is 17.0 Å². The molecule has 8 heteroatoms. The number of rotatable bonds is 7. The molecule has 3 N–H and O–H groups in total. The van der Waals surface area contributed by atoms with E-state index in [2.05, 4.69) is 57.0 Å². The molecular weight excluding hydrogens is 478 g/mol. The van der Waals surface area contributed by atoms with Crippen LogP contribution in [0.3, 0.4) is 0 Å². The number of anilines is 1. The highest BCUT2D eigenvalue weighted by atomic mass is 35.5. The smallest absolute Gasteiger partial charge is 0.229 e. The number of benzene rings is 1. The fourth-order valence-electron chi connectivity index (χ4n) is 4.79. The molecule has 1 aromatic carbocycles. The minimum Gasteiger partial charge on any atom is -0.324 e. The molecule has 0 saturated carbocycles. The number of H-pyrrole nitrogens is 1. The minimum atomic E-state index is -0.0874. The first kappa shape index (κ1) is 24.0. The third kappa shape index (κ3) is 5.93. The van der Waals surface area contributed by atoms with Crippen molar-refractivity contribution in [3.8, 4) is 0 Å². The van der Waals surface area contributed by atoms with Crippen LogP contribution in [0.1, 0.15) is 23.9 Å². The van der Waals surface area contributed by atoms with E-state index in [1.54, 1.807) is 11.3 Å². The van der Waals surface area contributed by atoms with Crippen molar-refractivity contribution in [1.82, 2.24) is 20.4 Å². The molecule has 1 unspecified atom stereocenters. The first-order valence-corrected chi connectivity index (χ1v) is 13.2. The number of carbonyl (C=O) groups excluding carboxylic acids is 1. The maximum atomic E-state index is 12.5. The van der Waals surface area contributed by atoms with Gasteiger partial charge in [-0.2, -0.15) is 5.10 Å². The predicted octanol–water partition coefficient (Wildman–Crippen LogP) is 5.27. The molecule has 3 aromatic rings. The molecule has 6 nitrogen and oxygen atoms in total. The highest BCUT2D eigenvalue weighted by Gasteiger charge is 2.26. The van der Waals surface area contributed by atoms with Crippen molar-refractivity contribution in [2.45, 2.75) is 19.8 Å². The highest BCUT2D eigenvalue weighted by Crippen LogP contribution is 2.33. The molecule has 35 heavy (non-hydrogen) atoms. The van der Waals surface area contributed by atoms with E-state index in [9.17, 15) is 4.79 Å². The van der Waals surface area contributed by atoms with Crippen LogP contribution in [0.4, 0.5) is 5.69 Å². The van der Waals surface area contributed by atoms with Gasteiger partial charge in [-0.1, -0.05) is 48.9 Å². The number of nitrogens with zero attached hydrogens (tertiary/aromatic N) is 2. The van der Waals surface area contributed by atoms with Gasteiger partial charge in [-0.05, 0) is 41.6 Å². The Balaban J connectivity index is 1.32. The number of carbonyl (C=O) groups is 1. The molecule has 182 valence electrons. The maximum absolute atomic E-state index is 12.5. The number of hydrogen-bond acceptors (Lipinski definition) is 5. The van der Waals surface area contributed by atoms with Gasteiger partial charge >= 0.3 is 0 Å². The van der Waals surface area contributed by atoms with E-state index in [1.807, 2.05) is 35.7 Å². The van der Waals surface area contributed by atoms with E-state index in [1.165, 1.54) is 5.57 Å². The van der Waals surface area contributed by atoms with Crippen molar-refractivity contribution in [2.75, 3.05) is 38.0 Å². The van der Waals surface area contributed by atoms with Crippen molar-refractivity contribution in [1.29, 1.82) is 0 Å². The van der Waals surface area contributed by atoms with E-state index in [0.717, 1.165) is 60.6 Å². The summed E-state index contributed by atoms with van der Waals surface area (Å²) >= 11 is 8.01. The first-order chi connectivity index (χ1) is 17.0. The van der Waals surface area contributed by atoms with Crippen LogP contribution in [-0.2, 0) is 11.2 Å². The lowest BCUT2D eigenvalue weighted by Crippen LogP contribution is -2.47. The number of halogens is 1. The Morgan fingerprint density at radius 2 is 2.17 bits per heavy atom. The van der Waals surface area contributed by atoms with E-state index in [-0.39, 0.29) is 11.3 Å². The lowest BCUT2D eigenvalue weighted by atomic mass is 9.80. The van der Waals surface area contributed by atoms with E-state index >= 15 is 0 Å². The summed E-state index contributed by atoms with van der Waals surface area (Å²) in [6.07, 6.45) is 12.3. The number of thiophene rings is 1. The molecule has 1 fully saturated rings. The van der Waals surface area contributed by atoms with Gasteiger partial charge in [0.2, 0.25) is 5.91 Å². The average molecular weight is 508 g/mol. The molecule has 0 bridgehead atoms. The number of aromatic nitrogens is 2. The van der Waals surface area contributed by atoms with Crippen LogP contribution in [0.5, 0.6) is 0 Å². The standard InChI is InChI=1S/C27H30ClN5OS/c1-27(18-33-11-9-29-10-12-33)8-2-4-19(17-27)6-7-23-21-15-25(22(28)16-24(21)32-31-23)30-26(34)14-20-5-3-13-35-20/h2-7,13,15-17,29H,8-12,14,18H2,1H3,(H,30,34)(H,31,32)/b7-6+. The average Bonchev–Trinajstić information content (AvgIpc) is 3.48. The summed E-state index contributed by atoms with van der Waals surface area (Å²) in [5.41, 5.74) is 3.55. The van der Waals surface area contributed by atoms with Gasteiger partial charge < -0.3 is 10.6 Å². The minimum absolute atomic E-state index is 0.0874. The summed E-state index contributed by atoms with van der Waals surface area (Å²) in [4.78, 5) is 16.1. The topological polar surface area (TPSA) is 73.1 Å². The number of amides is 1. The van der Waals surface area contributed by atoms with Crippen molar-refractivity contribution in [3.05, 3.63) is 75.1 Å². The SMILES string of the molecule is CC1(CN2CCNCC2)C=C(/C=C/c2n[nH]c3cc(Cl)c(NC(=O)Cc4cccs4)cc23)C=CC1. The van der Waals surface area contributed by atoms with Crippen LogP contribution in [0, 0.1) is 5.41 Å². The fourth-order valence-corrected chi connectivity index (χ4v) is 5.70. The van der Waals surface area contributed by atoms with Crippen molar-refractivity contribution in [2.24, 2.45) is 5.41 Å². The van der Waals surface area contributed by atoms with Crippen LogP contribution in [-0.4, -0.2) is 53.7 Å². The maximum Gasteiger partial charge on any atom is 0.229 e. The zero-order valence-electron chi connectivity index (χ0n) is 19.8. The Hall–Kier alpha value is -2.71. The molecule has 0 radical (unpaired) electrons. The summed E-state index contributed by atoms with van der Waals surface area (Å²) in [5.74, 6) is -0.0874. The largest absolute Gasteiger partial charge is 0.324 e. The number of allylic oxidation sites excluding steroid dienone is 4. The van der Waals surface area contributed by atoms with Gasteiger partial charge in [0.05, 0.1) is 28.3 Å². The Labute approximate surface area is 214 Å². The molecule has 5 rings (SSSR count). The quantitative estimate of drug-likeness (QED) is 0.407.